The molecule has 5 aliphatic heterocycles. The van der Waals surface area contributed by atoms with E-state index in [9.17, 15) is 15.0 Å². The molecule has 7 heterocycles. The van der Waals surface area contributed by atoms with E-state index in [1.165, 1.54) is 12.3 Å². The second kappa shape index (κ2) is 23.2. The van der Waals surface area contributed by atoms with E-state index in [-0.39, 0.29) is 61.1 Å². The van der Waals surface area contributed by atoms with Crippen molar-refractivity contribution in [1.82, 2.24) is 9.97 Å². The SMILES string of the molecule is C#CC[C@H](/C=C/C(C)=C/[C@@H](O)[C@H]1C[C@@H](OC)C[C@@](O)(Cc2nc(/C=C(\C)[C@@H]3O[C@@H]4C/C=C\c5nc(co5)[C@H]5OCC[C@@H](C[C@H]6CC(=C)C[C@H](C/C=C\C(=O)O[C@@H]([C@H]4C)[C@H]3C)O6)O5)co2)O1)OC. The third-order valence-electron chi connectivity index (χ3n) is 13.3. The summed E-state index contributed by atoms with van der Waals surface area (Å²) < 4.78 is 60.8. The number of carbonyl (C=O) groups is 1. The summed E-state index contributed by atoms with van der Waals surface area (Å²) in [5, 5.41) is 23.0. The molecule has 14 atom stereocenters. The van der Waals surface area contributed by atoms with Gasteiger partial charge in [-0.15, -0.1) is 12.3 Å². The summed E-state index contributed by atoms with van der Waals surface area (Å²) in [5.41, 5.74) is 3.80. The Morgan fingerprint density at radius 3 is 2.63 bits per heavy atom. The average Bonchev–Trinajstić information content (AvgIpc) is 3.95. The van der Waals surface area contributed by atoms with Crippen molar-refractivity contribution in [3.63, 3.8) is 0 Å². The first kappa shape index (κ1) is 50.4. The number of hydrogen-bond donors (Lipinski definition) is 2. The minimum Gasteiger partial charge on any atom is -0.458 e. The number of oxazole rings is 2. The number of aliphatic hydroxyl groups excluding tert-OH is 1. The molecular weight excluding hydrogens is 861 g/mol. The van der Waals surface area contributed by atoms with Crippen LogP contribution in [0.25, 0.3) is 12.2 Å². The number of carbonyl (C=O) groups excluding carboxylic acids is 1. The third-order valence-corrected chi connectivity index (χ3v) is 13.3. The molecule has 0 aromatic carbocycles. The van der Waals surface area contributed by atoms with E-state index in [0.717, 1.165) is 29.6 Å². The Morgan fingerprint density at radius 2 is 1.84 bits per heavy atom. The normalized spacial score (nSPS) is 35.5. The van der Waals surface area contributed by atoms with Crippen LogP contribution >= 0.6 is 0 Å². The van der Waals surface area contributed by atoms with Crippen molar-refractivity contribution in [2.75, 3.05) is 20.8 Å². The maximum absolute atomic E-state index is 13.5. The van der Waals surface area contributed by atoms with Gasteiger partial charge in [0.25, 0.3) is 0 Å². The van der Waals surface area contributed by atoms with Gasteiger partial charge < -0.3 is 56.9 Å². The molecule has 0 spiro atoms. The lowest BCUT2D eigenvalue weighted by atomic mass is 9.79. The van der Waals surface area contributed by atoms with Gasteiger partial charge in [0, 0.05) is 57.8 Å². The maximum atomic E-state index is 13.5. The first-order valence-corrected chi connectivity index (χ1v) is 23.5. The van der Waals surface area contributed by atoms with Crippen molar-refractivity contribution < 1.29 is 61.7 Å². The van der Waals surface area contributed by atoms with Crippen LogP contribution in [0.4, 0.5) is 0 Å². The molecule has 0 saturated carbocycles. The lowest BCUT2D eigenvalue weighted by molar-refractivity contribution is -0.286. The van der Waals surface area contributed by atoms with Gasteiger partial charge in [0.15, 0.2) is 11.7 Å². The van der Waals surface area contributed by atoms with Crippen molar-refractivity contribution in [2.45, 2.75) is 165 Å². The van der Waals surface area contributed by atoms with Gasteiger partial charge in [0.05, 0.1) is 68.0 Å². The average molecular weight is 929 g/mol. The number of rotatable bonds is 11. The molecule has 0 unspecified atom stereocenters. The van der Waals surface area contributed by atoms with Crippen LogP contribution in [0.1, 0.15) is 115 Å². The second-order valence-electron chi connectivity index (χ2n) is 18.7. The summed E-state index contributed by atoms with van der Waals surface area (Å²) in [5.74, 6) is 0.659. The fraction of sp³-hybridized carbons (Fsp3) is 0.596. The molecule has 15 heteroatoms. The summed E-state index contributed by atoms with van der Waals surface area (Å²) in [4.78, 5) is 22.9. The highest BCUT2D eigenvalue weighted by Gasteiger charge is 2.45. The number of terminal acetylenes is 1. The Kier molecular flexibility index (Phi) is 17.5. The lowest BCUT2D eigenvalue weighted by Crippen LogP contribution is -2.51. The smallest absolute Gasteiger partial charge is 0.330 e. The zero-order chi connectivity index (χ0) is 47.7. The predicted molar refractivity (Wildman–Crippen MR) is 247 cm³/mol. The Morgan fingerprint density at radius 1 is 1.03 bits per heavy atom. The predicted octanol–water partition coefficient (Wildman–Crippen LogP) is 7.71. The Bertz CT molecular complexity index is 2180. The molecule has 2 aromatic rings. The van der Waals surface area contributed by atoms with E-state index in [4.69, 9.17) is 58.1 Å². The molecule has 2 N–H and O–H groups in total. The maximum Gasteiger partial charge on any atom is 0.330 e. The molecule has 4 fully saturated rings. The van der Waals surface area contributed by atoms with E-state index in [1.807, 2.05) is 58.1 Å². The Balaban J connectivity index is 1.06. The fourth-order valence-electron chi connectivity index (χ4n) is 9.81. The molecule has 67 heavy (non-hydrogen) atoms. The molecule has 2 aromatic heterocycles. The van der Waals surface area contributed by atoms with Gasteiger partial charge >= 0.3 is 5.97 Å². The first-order valence-electron chi connectivity index (χ1n) is 23.5. The number of methoxy groups -OCH3 is 2. The van der Waals surface area contributed by atoms with Crippen LogP contribution in [0.2, 0.25) is 0 Å². The van der Waals surface area contributed by atoms with E-state index < -0.39 is 48.6 Å². The minimum absolute atomic E-state index is 0.0612. The number of hydrogen-bond acceptors (Lipinski definition) is 15. The summed E-state index contributed by atoms with van der Waals surface area (Å²) in [6.45, 7) is 12.7. The monoisotopic (exact) mass is 928 g/mol. The quantitative estimate of drug-likeness (QED) is 0.0967. The fourth-order valence-corrected chi connectivity index (χ4v) is 9.81. The van der Waals surface area contributed by atoms with Crippen molar-refractivity contribution in [3.8, 4) is 12.3 Å². The summed E-state index contributed by atoms with van der Waals surface area (Å²) in [6, 6.07) is 0. The molecule has 0 radical (unpaired) electrons. The molecule has 0 amide bonds. The number of fused-ring (bicyclic) bond motifs is 9. The van der Waals surface area contributed by atoms with Crippen molar-refractivity contribution in [3.05, 3.63) is 95.4 Å². The van der Waals surface area contributed by atoms with Gasteiger partial charge in [0.2, 0.25) is 12.2 Å². The first-order chi connectivity index (χ1) is 32.2. The van der Waals surface area contributed by atoms with Crippen LogP contribution < -0.4 is 0 Å². The van der Waals surface area contributed by atoms with Gasteiger partial charge in [-0.2, -0.15) is 0 Å². The number of esters is 1. The van der Waals surface area contributed by atoms with Gasteiger partial charge in [-0.05, 0) is 63.7 Å². The van der Waals surface area contributed by atoms with Crippen LogP contribution in [0.3, 0.4) is 0 Å². The molecule has 364 valence electrons. The molecule has 7 rings (SSSR count). The second-order valence-corrected chi connectivity index (χ2v) is 18.7. The number of allylic oxidation sites excluding steroid dienone is 2. The van der Waals surface area contributed by atoms with E-state index in [1.54, 1.807) is 32.6 Å². The summed E-state index contributed by atoms with van der Waals surface area (Å²) in [7, 11) is 3.15. The van der Waals surface area contributed by atoms with E-state index in [2.05, 4.69) is 17.5 Å². The Hall–Kier alpha value is -4.47. The van der Waals surface area contributed by atoms with Gasteiger partial charge in [0.1, 0.15) is 30.0 Å². The van der Waals surface area contributed by atoms with Crippen LogP contribution in [-0.4, -0.2) is 114 Å². The highest BCUT2D eigenvalue weighted by molar-refractivity contribution is 5.82. The molecule has 4 saturated heterocycles. The highest BCUT2D eigenvalue weighted by atomic mass is 16.7. The molecular formula is C52H68N2O13. The zero-order valence-electron chi connectivity index (χ0n) is 39.6. The van der Waals surface area contributed by atoms with E-state index >= 15 is 0 Å². The Labute approximate surface area is 394 Å². The topological polar surface area (TPSA) is 183 Å². The minimum atomic E-state index is -1.73. The molecule has 8 bridgehead atoms. The van der Waals surface area contributed by atoms with Crippen LogP contribution in [0, 0.1) is 24.2 Å². The number of aliphatic hydroxyl groups is 2. The zero-order valence-corrected chi connectivity index (χ0v) is 39.6. The summed E-state index contributed by atoms with van der Waals surface area (Å²) in [6.07, 6.45) is 22.9. The highest BCUT2D eigenvalue weighted by Crippen LogP contribution is 2.39. The van der Waals surface area contributed by atoms with Crippen molar-refractivity contribution >= 4 is 18.1 Å². The molecule has 5 aliphatic rings. The third kappa shape index (κ3) is 13.6. The van der Waals surface area contributed by atoms with Crippen LogP contribution in [0.15, 0.2) is 81.1 Å². The summed E-state index contributed by atoms with van der Waals surface area (Å²) >= 11 is 0. The number of nitrogens with zero attached hydrogens (tertiary/aromatic N) is 2. The lowest BCUT2D eigenvalue weighted by Gasteiger charge is -2.44. The number of ether oxygens (including phenoxy) is 8. The van der Waals surface area contributed by atoms with Gasteiger partial charge in [-0.3, -0.25) is 0 Å². The largest absolute Gasteiger partial charge is 0.458 e. The van der Waals surface area contributed by atoms with Gasteiger partial charge in [-0.25, -0.2) is 14.8 Å². The van der Waals surface area contributed by atoms with Crippen molar-refractivity contribution in [2.24, 2.45) is 11.8 Å². The molecule has 0 aliphatic carbocycles. The van der Waals surface area contributed by atoms with E-state index in [0.29, 0.717) is 62.4 Å². The van der Waals surface area contributed by atoms with Crippen LogP contribution in [0.5, 0.6) is 0 Å². The van der Waals surface area contributed by atoms with Gasteiger partial charge in [-0.1, -0.05) is 62.0 Å². The molecule has 15 nitrogen and oxygen atoms in total. The number of aromatic nitrogens is 2. The standard InChI is InChI=1S/C52H68N2O13/c1-9-12-37(58-7)18-17-31(2)23-43(55)45-26-41(59-8)27-52(57,67-45)28-47-53-36(29-61-47)24-33(4)49-35(6)50-34(5)44(65-49)14-11-15-46-54-42(30-62-46)51-60-20-19-39(64-51)25-40-22-32(3)21-38(63-40)13-10-16-48(56)66-50/h1,10-11,15-18,23-24,29-30,34-35,37-41,43-45,49-51,55,57H,3,12-14,19-22,25-28H2,2,4-8H3/b15-11-,16-10-,18-17+,31-23+,33-24+/t34-,35-,37+,38-,39-,40+,41+,43+,44+,45+,49-,50-,51-,52-/m0/s1. The van der Waals surface area contributed by atoms with Crippen molar-refractivity contribution in [1.29, 1.82) is 0 Å². The van der Waals surface area contributed by atoms with Crippen LogP contribution in [-0.2, 0) is 49.1 Å².